The van der Waals surface area contributed by atoms with Crippen LogP contribution < -0.4 is 19.5 Å². The van der Waals surface area contributed by atoms with Gasteiger partial charge in [-0.1, -0.05) is 29.8 Å². The second kappa shape index (κ2) is 11.7. The Kier molecular flexibility index (Phi) is 8.17. The molecule has 8 nitrogen and oxygen atoms in total. The number of ether oxygens (including phenoxy) is 3. The Hall–Kier alpha value is -3.91. The van der Waals surface area contributed by atoms with Crippen LogP contribution in [-0.2, 0) is 13.2 Å². The largest absolute Gasteiger partial charge is 0.490 e. The first-order chi connectivity index (χ1) is 17.5. The van der Waals surface area contributed by atoms with Gasteiger partial charge in [-0.05, 0) is 62.2 Å². The molecule has 0 unspecified atom stereocenters. The first kappa shape index (κ1) is 25.2. The van der Waals surface area contributed by atoms with E-state index in [1.165, 1.54) is 0 Å². The van der Waals surface area contributed by atoms with Crippen molar-refractivity contribution >= 4 is 23.2 Å². The molecule has 0 fully saturated rings. The minimum atomic E-state index is -0.380. The zero-order valence-electron chi connectivity index (χ0n) is 20.4. The molecule has 0 saturated heterocycles. The highest BCUT2D eigenvalue weighted by Crippen LogP contribution is 2.30. The van der Waals surface area contributed by atoms with Gasteiger partial charge in [-0.15, -0.1) is 0 Å². The van der Waals surface area contributed by atoms with E-state index >= 15 is 0 Å². The number of furan rings is 1. The lowest BCUT2D eigenvalue weighted by Gasteiger charge is -2.12. The number of nitrogens with zero attached hydrogens (tertiary/aromatic N) is 2. The number of amides is 1. The van der Waals surface area contributed by atoms with Gasteiger partial charge in [0.05, 0.1) is 36.7 Å². The second-order valence-corrected chi connectivity index (χ2v) is 8.38. The normalized spacial score (nSPS) is 10.8. The third-order valence-electron chi connectivity index (χ3n) is 5.25. The number of para-hydroxylation sites is 1. The van der Waals surface area contributed by atoms with E-state index in [1.54, 1.807) is 35.3 Å². The monoisotopic (exact) mass is 509 g/mol. The molecule has 0 aliphatic carbocycles. The molecule has 9 heteroatoms. The number of aromatic nitrogens is 2. The van der Waals surface area contributed by atoms with Crippen molar-refractivity contribution in [1.82, 2.24) is 9.78 Å². The lowest BCUT2D eigenvalue weighted by Crippen LogP contribution is -2.10. The second-order valence-electron chi connectivity index (χ2n) is 7.97. The number of halogens is 1. The van der Waals surface area contributed by atoms with Crippen molar-refractivity contribution in [3.63, 3.8) is 0 Å². The average molecular weight is 510 g/mol. The van der Waals surface area contributed by atoms with Crippen LogP contribution in [0.3, 0.4) is 0 Å². The van der Waals surface area contributed by atoms with Gasteiger partial charge in [-0.25, -0.2) is 0 Å². The Morgan fingerprint density at radius 1 is 1.06 bits per heavy atom. The lowest BCUT2D eigenvalue weighted by atomic mass is 10.2. The Balaban J connectivity index is 1.35. The molecule has 0 radical (unpaired) electrons. The molecule has 36 heavy (non-hydrogen) atoms. The fraction of sp³-hybridized carbons (Fsp3) is 0.259. The smallest absolute Gasteiger partial charge is 0.291 e. The fourth-order valence-corrected chi connectivity index (χ4v) is 3.88. The number of carbonyl (C=O) groups is 1. The number of benzene rings is 2. The van der Waals surface area contributed by atoms with Crippen LogP contribution in [0.5, 0.6) is 17.2 Å². The first-order valence-corrected chi connectivity index (χ1v) is 12.0. The van der Waals surface area contributed by atoms with E-state index in [0.29, 0.717) is 53.5 Å². The lowest BCUT2D eigenvalue weighted by molar-refractivity contribution is 0.0992. The van der Waals surface area contributed by atoms with Gasteiger partial charge in [-0.3, -0.25) is 9.48 Å². The molecule has 188 valence electrons. The molecule has 0 aliphatic heterocycles. The predicted molar refractivity (Wildman–Crippen MR) is 137 cm³/mol. The third kappa shape index (κ3) is 6.20. The van der Waals surface area contributed by atoms with Crippen LogP contribution in [0.2, 0.25) is 5.02 Å². The summed E-state index contributed by atoms with van der Waals surface area (Å²) < 4.78 is 24.5. The summed E-state index contributed by atoms with van der Waals surface area (Å²) in [6.07, 6.45) is 3.34. The quantitative estimate of drug-likeness (QED) is 0.262. The molecule has 0 aliphatic rings. The SMILES string of the molecule is CCOc1ccc(Cn2cc(NC(=O)c3ccc(COc4c(C)cccc4Cl)o3)cn2)cc1OCC. The van der Waals surface area contributed by atoms with E-state index < -0.39 is 0 Å². The van der Waals surface area contributed by atoms with Gasteiger partial charge < -0.3 is 23.9 Å². The zero-order valence-corrected chi connectivity index (χ0v) is 21.2. The van der Waals surface area contributed by atoms with Gasteiger partial charge in [0, 0.05) is 6.20 Å². The number of nitrogens with one attached hydrogen (secondary N) is 1. The molecular formula is C27H28ClN3O5. The van der Waals surface area contributed by atoms with Crippen LogP contribution in [0.4, 0.5) is 5.69 Å². The Labute approximate surface area is 214 Å². The average Bonchev–Trinajstić information content (AvgIpc) is 3.50. The van der Waals surface area contributed by atoms with Gasteiger partial charge >= 0.3 is 0 Å². The minimum Gasteiger partial charge on any atom is -0.490 e. The number of hydrogen-bond donors (Lipinski definition) is 1. The van der Waals surface area contributed by atoms with Crippen molar-refractivity contribution in [2.24, 2.45) is 0 Å². The van der Waals surface area contributed by atoms with Crippen molar-refractivity contribution < 1.29 is 23.4 Å². The molecule has 1 amide bonds. The standard InChI is InChI=1S/C27H28ClN3O5/c1-4-33-23-11-9-19(13-25(23)34-5-2)15-31-16-20(14-29-31)30-27(32)24-12-10-21(36-24)17-35-26-18(3)7-6-8-22(26)28/h6-14,16H,4-5,15,17H2,1-3H3,(H,30,32). The maximum Gasteiger partial charge on any atom is 0.291 e. The predicted octanol–water partition coefficient (Wildman–Crippen LogP) is 6.11. The maximum atomic E-state index is 12.7. The van der Waals surface area contributed by atoms with Crippen LogP contribution in [0.25, 0.3) is 0 Å². The third-order valence-corrected chi connectivity index (χ3v) is 5.55. The summed E-state index contributed by atoms with van der Waals surface area (Å²) in [5, 5.41) is 7.67. The molecule has 0 spiro atoms. The summed E-state index contributed by atoms with van der Waals surface area (Å²) in [5.74, 6) is 2.30. The van der Waals surface area contributed by atoms with Gasteiger partial charge in [0.2, 0.25) is 0 Å². The Morgan fingerprint density at radius 2 is 1.86 bits per heavy atom. The van der Waals surface area contributed by atoms with Crippen molar-refractivity contribution in [3.05, 3.63) is 88.6 Å². The summed E-state index contributed by atoms with van der Waals surface area (Å²) in [5.41, 5.74) is 2.47. The Bertz CT molecular complexity index is 1310. The van der Waals surface area contributed by atoms with Crippen molar-refractivity contribution in [2.45, 2.75) is 33.9 Å². The summed E-state index contributed by atoms with van der Waals surface area (Å²) in [7, 11) is 0. The van der Waals surface area contributed by atoms with Crippen LogP contribution in [0, 0.1) is 6.92 Å². The number of carbonyl (C=O) groups excluding carboxylic acids is 1. The fourth-order valence-electron chi connectivity index (χ4n) is 3.61. The highest BCUT2D eigenvalue weighted by atomic mass is 35.5. The molecule has 2 aromatic heterocycles. The molecular weight excluding hydrogens is 482 g/mol. The maximum absolute atomic E-state index is 12.7. The molecule has 4 aromatic rings. The molecule has 0 atom stereocenters. The van der Waals surface area contributed by atoms with Crippen LogP contribution in [-0.4, -0.2) is 28.9 Å². The Morgan fingerprint density at radius 3 is 2.64 bits per heavy atom. The molecule has 2 aromatic carbocycles. The zero-order chi connectivity index (χ0) is 25.5. The number of hydrogen-bond acceptors (Lipinski definition) is 6. The van der Waals surface area contributed by atoms with Gasteiger partial charge in [0.1, 0.15) is 18.1 Å². The molecule has 2 heterocycles. The van der Waals surface area contributed by atoms with Gasteiger partial charge in [0.25, 0.3) is 5.91 Å². The topological polar surface area (TPSA) is 87.8 Å². The van der Waals surface area contributed by atoms with E-state index in [1.807, 2.05) is 51.1 Å². The van der Waals surface area contributed by atoms with Crippen molar-refractivity contribution in [1.29, 1.82) is 0 Å². The summed E-state index contributed by atoms with van der Waals surface area (Å²) >= 11 is 6.20. The summed E-state index contributed by atoms with van der Waals surface area (Å²) in [6.45, 7) is 7.54. The van der Waals surface area contributed by atoms with E-state index in [0.717, 1.165) is 11.1 Å². The molecule has 0 saturated carbocycles. The minimum absolute atomic E-state index is 0.154. The highest BCUT2D eigenvalue weighted by Gasteiger charge is 2.14. The number of aryl methyl sites for hydroxylation is 1. The van der Waals surface area contributed by atoms with Crippen LogP contribution >= 0.6 is 11.6 Å². The number of rotatable bonds is 11. The van der Waals surface area contributed by atoms with E-state index in [9.17, 15) is 4.79 Å². The van der Waals surface area contributed by atoms with Crippen LogP contribution in [0.15, 0.2) is 65.3 Å². The molecule has 0 bridgehead atoms. The van der Waals surface area contributed by atoms with Crippen LogP contribution in [0.1, 0.15) is 41.3 Å². The van der Waals surface area contributed by atoms with Crippen molar-refractivity contribution in [2.75, 3.05) is 18.5 Å². The van der Waals surface area contributed by atoms with E-state index in [4.69, 9.17) is 30.2 Å². The van der Waals surface area contributed by atoms with E-state index in [-0.39, 0.29) is 18.3 Å². The van der Waals surface area contributed by atoms with Gasteiger partial charge in [0.15, 0.2) is 17.3 Å². The van der Waals surface area contributed by atoms with Crippen molar-refractivity contribution in [3.8, 4) is 17.2 Å². The summed E-state index contributed by atoms with van der Waals surface area (Å²) in [4.78, 5) is 12.7. The molecule has 4 rings (SSSR count). The number of anilines is 1. The highest BCUT2D eigenvalue weighted by molar-refractivity contribution is 6.32. The van der Waals surface area contributed by atoms with E-state index in [2.05, 4.69) is 10.4 Å². The molecule has 1 N–H and O–H groups in total. The van der Waals surface area contributed by atoms with Gasteiger partial charge in [-0.2, -0.15) is 5.10 Å². The first-order valence-electron chi connectivity index (χ1n) is 11.7. The summed E-state index contributed by atoms with van der Waals surface area (Å²) in [6, 6.07) is 14.6.